The second-order valence-electron chi connectivity index (χ2n) is 4.97. The van der Waals surface area contributed by atoms with Gasteiger partial charge in [0.1, 0.15) is 5.82 Å². The van der Waals surface area contributed by atoms with Crippen molar-refractivity contribution >= 4 is 15.9 Å². The lowest BCUT2D eigenvalue weighted by atomic mass is 10.0. The second kappa shape index (κ2) is 5.78. The van der Waals surface area contributed by atoms with Crippen LogP contribution in [0.5, 0.6) is 0 Å². The molecule has 1 heterocycles. The summed E-state index contributed by atoms with van der Waals surface area (Å²) in [6, 6.07) is 18.5. The Balaban J connectivity index is 2.19. The molecule has 0 saturated carbocycles. The van der Waals surface area contributed by atoms with Crippen molar-refractivity contribution in [3.63, 3.8) is 0 Å². The summed E-state index contributed by atoms with van der Waals surface area (Å²) in [5.74, 6) is 0.789. The highest BCUT2D eigenvalue weighted by molar-refractivity contribution is 9.10. The van der Waals surface area contributed by atoms with Crippen molar-refractivity contribution in [3.8, 4) is 22.5 Å². The monoisotopic (exact) mass is 338 g/mol. The third-order valence-electron chi connectivity index (χ3n) is 3.42. The fourth-order valence-electron chi connectivity index (χ4n) is 2.39. The minimum absolute atomic E-state index is 0.789. The molecule has 0 radical (unpaired) electrons. The quantitative estimate of drug-likeness (QED) is 0.642. The Morgan fingerprint density at radius 2 is 1.24 bits per heavy atom. The summed E-state index contributed by atoms with van der Waals surface area (Å²) in [5, 5.41) is 0. The van der Waals surface area contributed by atoms with Crippen LogP contribution in [0.1, 0.15) is 11.4 Å². The zero-order valence-corrected chi connectivity index (χ0v) is 13.6. The van der Waals surface area contributed by atoms with Crippen LogP contribution in [0.4, 0.5) is 0 Å². The van der Waals surface area contributed by atoms with Gasteiger partial charge in [0.15, 0.2) is 0 Å². The predicted molar refractivity (Wildman–Crippen MR) is 90.1 cm³/mol. The average Bonchev–Trinajstić information content (AvgIpc) is 2.51. The van der Waals surface area contributed by atoms with Crippen molar-refractivity contribution in [1.29, 1.82) is 0 Å². The van der Waals surface area contributed by atoms with Crippen LogP contribution in [0.15, 0.2) is 59.1 Å². The van der Waals surface area contributed by atoms with E-state index < -0.39 is 0 Å². The molecule has 1 aromatic heterocycles. The molecule has 0 N–H and O–H groups in total. The molecule has 0 bridgehead atoms. The number of nitrogens with zero attached hydrogens (tertiary/aromatic N) is 2. The van der Waals surface area contributed by atoms with Crippen LogP contribution in [-0.2, 0) is 0 Å². The first kappa shape index (κ1) is 14.0. The third kappa shape index (κ3) is 2.88. The van der Waals surface area contributed by atoms with Crippen LogP contribution in [0, 0.1) is 13.8 Å². The van der Waals surface area contributed by atoms with Crippen molar-refractivity contribution in [2.24, 2.45) is 0 Å². The zero-order valence-electron chi connectivity index (χ0n) is 12.0. The van der Waals surface area contributed by atoms with Crippen LogP contribution in [0.3, 0.4) is 0 Å². The Bertz CT molecular complexity index is 765. The van der Waals surface area contributed by atoms with Crippen LogP contribution in [0.25, 0.3) is 22.5 Å². The van der Waals surface area contributed by atoms with E-state index in [0.29, 0.717) is 0 Å². The molecule has 3 heteroatoms. The highest BCUT2D eigenvalue weighted by Crippen LogP contribution is 2.29. The van der Waals surface area contributed by atoms with E-state index in [-0.39, 0.29) is 0 Å². The lowest BCUT2D eigenvalue weighted by Crippen LogP contribution is -1.99. The molecule has 0 aliphatic heterocycles. The van der Waals surface area contributed by atoms with Gasteiger partial charge in [0.05, 0.1) is 11.4 Å². The first-order chi connectivity index (χ1) is 10.1. The summed E-state index contributed by atoms with van der Waals surface area (Å²) < 4.78 is 1.07. The topological polar surface area (TPSA) is 25.8 Å². The number of hydrogen-bond acceptors (Lipinski definition) is 2. The molecule has 0 spiro atoms. The van der Waals surface area contributed by atoms with Crippen LogP contribution >= 0.6 is 15.9 Å². The average molecular weight is 339 g/mol. The van der Waals surface area contributed by atoms with Gasteiger partial charge in [0, 0.05) is 21.2 Å². The van der Waals surface area contributed by atoms with Crippen molar-refractivity contribution in [2.45, 2.75) is 13.8 Å². The Morgan fingerprint density at radius 3 is 1.81 bits per heavy atom. The van der Waals surface area contributed by atoms with Gasteiger partial charge in [-0.1, -0.05) is 58.4 Å². The summed E-state index contributed by atoms with van der Waals surface area (Å²) in [6.45, 7) is 4.02. The zero-order chi connectivity index (χ0) is 14.8. The Hall–Kier alpha value is -2.00. The Morgan fingerprint density at radius 1 is 0.714 bits per heavy atom. The molecular weight excluding hydrogens is 324 g/mol. The molecule has 0 saturated heterocycles. The predicted octanol–water partition coefficient (Wildman–Crippen LogP) is 5.19. The molecule has 0 unspecified atom stereocenters. The van der Waals surface area contributed by atoms with Gasteiger partial charge in [-0.25, -0.2) is 9.97 Å². The van der Waals surface area contributed by atoms with E-state index in [4.69, 9.17) is 0 Å². The molecule has 2 aromatic carbocycles. The van der Waals surface area contributed by atoms with E-state index in [2.05, 4.69) is 57.1 Å². The SMILES string of the molecule is Cc1nc(-c2ccccc2)c(C)c(-c2ccc(Br)cc2)n1. The van der Waals surface area contributed by atoms with Crippen LogP contribution in [0.2, 0.25) is 0 Å². The summed E-state index contributed by atoms with van der Waals surface area (Å²) in [7, 11) is 0. The highest BCUT2D eigenvalue weighted by Gasteiger charge is 2.12. The maximum atomic E-state index is 4.63. The number of rotatable bonds is 2. The van der Waals surface area contributed by atoms with E-state index in [9.17, 15) is 0 Å². The summed E-state index contributed by atoms with van der Waals surface area (Å²) in [6.07, 6.45) is 0. The standard InChI is InChI=1S/C18H15BrN2/c1-12-17(14-6-4-3-5-7-14)20-13(2)21-18(12)15-8-10-16(19)11-9-15/h3-11H,1-2H3. The molecule has 0 amide bonds. The van der Waals surface area contributed by atoms with E-state index in [1.807, 2.05) is 37.3 Å². The molecule has 0 fully saturated rings. The molecule has 3 rings (SSSR count). The lowest BCUT2D eigenvalue weighted by molar-refractivity contribution is 1.04. The number of halogens is 1. The normalized spacial score (nSPS) is 10.6. The number of aromatic nitrogens is 2. The van der Waals surface area contributed by atoms with Crippen molar-refractivity contribution in [3.05, 3.63) is 70.5 Å². The van der Waals surface area contributed by atoms with Gasteiger partial charge in [-0.3, -0.25) is 0 Å². The van der Waals surface area contributed by atoms with Crippen LogP contribution in [-0.4, -0.2) is 9.97 Å². The number of aryl methyl sites for hydroxylation is 1. The molecule has 2 nitrogen and oxygen atoms in total. The largest absolute Gasteiger partial charge is 0.233 e. The van der Waals surface area contributed by atoms with Gasteiger partial charge in [-0.05, 0) is 26.0 Å². The van der Waals surface area contributed by atoms with E-state index in [0.717, 1.165) is 38.4 Å². The van der Waals surface area contributed by atoms with Gasteiger partial charge >= 0.3 is 0 Å². The van der Waals surface area contributed by atoms with Gasteiger partial charge < -0.3 is 0 Å². The summed E-state index contributed by atoms with van der Waals surface area (Å²) >= 11 is 3.47. The number of hydrogen-bond donors (Lipinski definition) is 0. The molecule has 104 valence electrons. The minimum atomic E-state index is 0.789. The van der Waals surface area contributed by atoms with Gasteiger partial charge in [0.2, 0.25) is 0 Å². The molecule has 0 aliphatic rings. The van der Waals surface area contributed by atoms with Crippen molar-refractivity contribution in [1.82, 2.24) is 9.97 Å². The number of benzene rings is 2. The maximum absolute atomic E-state index is 4.63. The molecule has 0 aliphatic carbocycles. The van der Waals surface area contributed by atoms with Gasteiger partial charge in [-0.15, -0.1) is 0 Å². The second-order valence-corrected chi connectivity index (χ2v) is 5.88. The fourth-order valence-corrected chi connectivity index (χ4v) is 2.66. The molecule has 21 heavy (non-hydrogen) atoms. The molecule has 3 aromatic rings. The smallest absolute Gasteiger partial charge is 0.126 e. The summed E-state index contributed by atoms with van der Waals surface area (Å²) in [4.78, 5) is 9.26. The maximum Gasteiger partial charge on any atom is 0.126 e. The van der Waals surface area contributed by atoms with E-state index in [1.54, 1.807) is 0 Å². The fraction of sp³-hybridized carbons (Fsp3) is 0.111. The summed E-state index contributed by atoms with van der Waals surface area (Å²) in [5.41, 5.74) is 5.33. The highest BCUT2D eigenvalue weighted by atomic mass is 79.9. The third-order valence-corrected chi connectivity index (χ3v) is 3.95. The Labute approximate surface area is 133 Å². The van der Waals surface area contributed by atoms with E-state index >= 15 is 0 Å². The van der Waals surface area contributed by atoms with Gasteiger partial charge in [0.25, 0.3) is 0 Å². The van der Waals surface area contributed by atoms with Gasteiger partial charge in [-0.2, -0.15) is 0 Å². The van der Waals surface area contributed by atoms with Crippen LogP contribution < -0.4 is 0 Å². The lowest BCUT2D eigenvalue weighted by Gasteiger charge is -2.12. The first-order valence-electron chi connectivity index (χ1n) is 6.82. The first-order valence-corrected chi connectivity index (χ1v) is 7.61. The minimum Gasteiger partial charge on any atom is -0.233 e. The van der Waals surface area contributed by atoms with Crippen molar-refractivity contribution in [2.75, 3.05) is 0 Å². The molecular formula is C18H15BrN2. The van der Waals surface area contributed by atoms with Crippen molar-refractivity contribution < 1.29 is 0 Å². The Kier molecular flexibility index (Phi) is 3.84. The molecule has 0 atom stereocenters. The van der Waals surface area contributed by atoms with E-state index in [1.165, 1.54) is 0 Å².